The Morgan fingerprint density at radius 2 is 1.82 bits per heavy atom. The van der Waals surface area contributed by atoms with Crippen LogP contribution in [0, 0.1) is 10.1 Å². The number of nitrogens with one attached hydrogen (secondary N) is 1. The fraction of sp³-hybridized carbons (Fsp3) is 0.0800. The Bertz CT molecular complexity index is 1350. The summed E-state index contributed by atoms with van der Waals surface area (Å²) in [5.74, 6) is 0.306. The first kappa shape index (κ1) is 21.6. The van der Waals surface area contributed by atoms with Crippen LogP contribution in [0.5, 0.6) is 5.75 Å². The van der Waals surface area contributed by atoms with E-state index < -0.39 is 10.8 Å². The van der Waals surface area contributed by atoms with Gasteiger partial charge in [0.15, 0.2) is 0 Å². The lowest BCUT2D eigenvalue weighted by molar-refractivity contribution is -0.385. The molecule has 0 saturated carbocycles. The zero-order chi connectivity index (χ0) is 23.2. The molecule has 8 nitrogen and oxygen atoms in total. The number of hydrazone groups is 1. The minimum atomic E-state index is -0.497. The van der Waals surface area contributed by atoms with E-state index in [0.29, 0.717) is 28.8 Å². The van der Waals surface area contributed by atoms with E-state index in [0.717, 1.165) is 11.3 Å². The number of nitro benzene ring substituents is 1. The van der Waals surface area contributed by atoms with E-state index >= 15 is 0 Å². The molecule has 33 heavy (non-hydrogen) atoms. The molecule has 0 aliphatic heterocycles. The molecule has 0 saturated heterocycles. The van der Waals surface area contributed by atoms with Gasteiger partial charge in [0.2, 0.25) is 0 Å². The first-order valence-electron chi connectivity index (χ1n) is 10.3. The molecule has 0 atom stereocenters. The predicted octanol–water partition coefficient (Wildman–Crippen LogP) is 4.97. The summed E-state index contributed by atoms with van der Waals surface area (Å²) in [6.07, 6.45) is 1.26. The third-order valence-corrected chi connectivity index (χ3v) is 4.93. The van der Waals surface area contributed by atoms with Gasteiger partial charge in [-0.2, -0.15) is 5.10 Å². The van der Waals surface area contributed by atoms with E-state index in [1.54, 1.807) is 24.3 Å². The third-order valence-electron chi connectivity index (χ3n) is 4.93. The van der Waals surface area contributed by atoms with E-state index in [4.69, 9.17) is 4.74 Å². The molecule has 1 heterocycles. The Kier molecular flexibility index (Phi) is 6.36. The monoisotopic (exact) mass is 440 g/mol. The Morgan fingerprint density at radius 3 is 2.58 bits per heavy atom. The lowest BCUT2D eigenvalue weighted by atomic mass is 10.0. The van der Waals surface area contributed by atoms with Crippen molar-refractivity contribution in [2.45, 2.75) is 6.92 Å². The number of ether oxygens (including phenoxy) is 1. The summed E-state index contributed by atoms with van der Waals surface area (Å²) in [7, 11) is 0. The SMILES string of the molecule is CCOc1ccc(-c2cc(C(=O)N/N=C\c3ccccc3[N+](=O)[O-])c3ccccc3n2)cc1. The summed E-state index contributed by atoms with van der Waals surface area (Å²) in [6, 6.07) is 22.7. The van der Waals surface area contributed by atoms with E-state index in [1.165, 1.54) is 12.3 Å². The zero-order valence-corrected chi connectivity index (χ0v) is 17.8. The van der Waals surface area contributed by atoms with Gasteiger partial charge in [0.05, 0.1) is 40.1 Å². The molecule has 1 N–H and O–H groups in total. The lowest BCUT2D eigenvalue weighted by Gasteiger charge is -2.10. The molecule has 0 aliphatic carbocycles. The van der Waals surface area contributed by atoms with Crippen molar-refractivity contribution < 1.29 is 14.5 Å². The molecule has 8 heteroatoms. The Labute approximate surface area is 189 Å². The first-order valence-corrected chi connectivity index (χ1v) is 10.3. The molecule has 0 bridgehead atoms. The van der Waals surface area contributed by atoms with E-state index in [9.17, 15) is 14.9 Å². The van der Waals surface area contributed by atoms with Crippen LogP contribution in [0.3, 0.4) is 0 Å². The fourth-order valence-corrected chi connectivity index (χ4v) is 3.38. The Hall–Kier alpha value is -4.59. The van der Waals surface area contributed by atoms with Crippen LogP contribution in [0.2, 0.25) is 0 Å². The number of rotatable bonds is 7. The second kappa shape index (κ2) is 9.69. The minimum Gasteiger partial charge on any atom is -0.494 e. The van der Waals surface area contributed by atoms with Crippen molar-refractivity contribution in [2.24, 2.45) is 5.10 Å². The van der Waals surface area contributed by atoms with Crippen LogP contribution in [0.1, 0.15) is 22.8 Å². The number of para-hydroxylation sites is 2. The van der Waals surface area contributed by atoms with Gasteiger partial charge in [-0.3, -0.25) is 14.9 Å². The highest BCUT2D eigenvalue weighted by molar-refractivity contribution is 6.07. The smallest absolute Gasteiger partial charge is 0.278 e. The van der Waals surface area contributed by atoms with Gasteiger partial charge in [0.1, 0.15) is 5.75 Å². The average molecular weight is 440 g/mol. The van der Waals surface area contributed by atoms with Crippen molar-refractivity contribution >= 4 is 28.7 Å². The summed E-state index contributed by atoms with van der Waals surface area (Å²) >= 11 is 0. The van der Waals surface area contributed by atoms with Crippen molar-refractivity contribution in [3.05, 3.63) is 100 Å². The van der Waals surface area contributed by atoms with Gasteiger partial charge in [-0.25, -0.2) is 10.4 Å². The maximum Gasteiger partial charge on any atom is 0.278 e. The highest BCUT2D eigenvalue weighted by atomic mass is 16.6. The topological polar surface area (TPSA) is 107 Å². The molecule has 164 valence electrons. The normalized spacial score (nSPS) is 10.9. The van der Waals surface area contributed by atoms with Crippen LogP contribution in [0.15, 0.2) is 84.0 Å². The quantitative estimate of drug-likeness (QED) is 0.248. The standard InChI is InChI=1S/C25H20N4O4/c1-2-33-19-13-11-17(12-14-19)23-15-21(20-8-4-5-9-22(20)27-23)25(30)28-26-16-18-7-3-6-10-24(18)29(31)32/h3-16H,2H2,1H3,(H,28,30)/b26-16-. The second-order valence-corrected chi connectivity index (χ2v) is 7.04. The molecule has 3 aromatic carbocycles. The molecule has 1 amide bonds. The van der Waals surface area contributed by atoms with Gasteiger partial charge in [0.25, 0.3) is 11.6 Å². The molecule has 0 radical (unpaired) electrons. The first-order chi connectivity index (χ1) is 16.1. The molecule has 0 unspecified atom stereocenters. The van der Waals surface area contributed by atoms with Gasteiger partial charge in [-0.05, 0) is 49.4 Å². The number of carbonyl (C=O) groups excluding carboxylic acids is 1. The largest absolute Gasteiger partial charge is 0.494 e. The summed E-state index contributed by atoms with van der Waals surface area (Å²) in [4.78, 5) is 28.3. The van der Waals surface area contributed by atoms with Crippen LogP contribution in [-0.2, 0) is 0 Å². The van der Waals surface area contributed by atoms with Gasteiger partial charge in [-0.1, -0.05) is 30.3 Å². The predicted molar refractivity (Wildman–Crippen MR) is 127 cm³/mol. The van der Waals surface area contributed by atoms with Crippen LogP contribution >= 0.6 is 0 Å². The molecule has 1 aromatic heterocycles. The number of amides is 1. The highest BCUT2D eigenvalue weighted by Crippen LogP contribution is 2.26. The average Bonchev–Trinajstić information content (AvgIpc) is 2.84. The van der Waals surface area contributed by atoms with Crippen LogP contribution in [0.4, 0.5) is 5.69 Å². The molecule has 0 spiro atoms. The number of aromatic nitrogens is 1. The zero-order valence-electron chi connectivity index (χ0n) is 17.8. The highest BCUT2D eigenvalue weighted by Gasteiger charge is 2.14. The van der Waals surface area contributed by atoms with Crippen molar-refractivity contribution in [2.75, 3.05) is 6.61 Å². The van der Waals surface area contributed by atoms with E-state index in [1.807, 2.05) is 55.5 Å². The molecule has 4 rings (SSSR count). The van der Waals surface area contributed by atoms with Crippen molar-refractivity contribution in [3.8, 4) is 17.0 Å². The fourth-order valence-electron chi connectivity index (χ4n) is 3.38. The molecule has 4 aromatic rings. The van der Waals surface area contributed by atoms with Crippen molar-refractivity contribution in [1.29, 1.82) is 0 Å². The summed E-state index contributed by atoms with van der Waals surface area (Å²) < 4.78 is 5.49. The number of benzene rings is 3. The molecular formula is C25H20N4O4. The van der Waals surface area contributed by atoms with E-state index in [-0.39, 0.29) is 11.3 Å². The second-order valence-electron chi connectivity index (χ2n) is 7.04. The maximum atomic E-state index is 13.0. The molecule has 0 aliphatic rings. The van der Waals surface area contributed by atoms with Gasteiger partial charge >= 0.3 is 0 Å². The number of hydrogen-bond donors (Lipinski definition) is 1. The summed E-state index contributed by atoms with van der Waals surface area (Å²) in [5, 5.41) is 15.8. The summed E-state index contributed by atoms with van der Waals surface area (Å²) in [5.41, 5.74) is 5.19. The Morgan fingerprint density at radius 1 is 1.09 bits per heavy atom. The van der Waals surface area contributed by atoms with Gasteiger partial charge < -0.3 is 4.74 Å². The third kappa shape index (κ3) is 4.85. The van der Waals surface area contributed by atoms with Crippen molar-refractivity contribution in [1.82, 2.24) is 10.4 Å². The summed E-state index contributed by atoms with van der Waals surface area (Å²) in [6.45, 7) is 2.49. The van der Waals surface area contributed by atoms with Crippen LogP contribution in [-0.4, -0.2) is 28.6 Å². The lowest BCUT2D eigenvalue weighted by Crippen LogP contribution is -2.18. The van der Waals surface area contributed by atoms with Crippen LogP contribution < -0.4 is 10.2 Å². The number of nitro groups is 1. The molecular weight excluding hydrogens is 420 g/mol. The Balaban J connectivity index is 1.65. The molecule has 0 fully saturated rings. The van der Waals surface area contributed by atoms with Crippen LogP contribution in [0.25, 0.3) is 22.2 Å². The van der Waals surface area contributed by atoms with Gasteiger partial charge in [-0.15, -0.1) is 0 Å². The maximum absolute atomic E-state index is 13.0. The number of nitrogens with zero attached hydrogens (tertiary/aromatic N) is 3. The van der Waals surface area contributed by atoms with Crippen molar-refractivity contribution in [3.63, 3.8) is 0 Å². The minimum absolute atomic E-state index is 0.0948. The number of hydrogen-bond acceptors (Lipinski definition) is 6. The number of fused-ring (bicyclic) bond motifs is 1. The number of carbonyl (C=O) groups is 1. The van der Waals surface area contributed by atoms with E-state index in [2.05, 4.69) is 15.5 Å². The number of pyridine rings is 1. The van der Waals surface area contributed by atoms with Gasteiger partial charge in [0, 0.05) is 17.0 Å².